The summed E-state index contributed by atoms with van der Waals surface area (Å²) >= 11 is 0. The Bertz CT molecular complexity index is 870. The number of hydrogen-bond acceptors (Lipinski definition) is 5. The van der Waals surface area contributed by atoms with E-state index in [2.05, 4.69) is 10.2 Å². The molecule has 9 heteroatoms. The molecule has 158 valence electrons. The molecule has 0 atom stereocenters. The van der Waals surface area contributed by atoms with Crippen LogP contribution in [-0.4, -0.2) is 34.9 Å². The number of carbonyl (C=O) groups is 1. The maximum absolute atomic E-state index is 14.5. The molecule has 0 aromatic heterocycles. The first-order chi connectivity index (χ1) is 13.6. The van der Waals surface area contributed by atoms with E-state index in [1.807, 2.05) is 5.48 Å². The van der Waals surface area contributed by atoms with E-state index in [1.165, 1.54) is 12.1 Å². The van der Waals surface area contributed by atoms with Gasteiger partial charge in [-0.1, -0.05) is 6.07 Å². The summed E-state index contributed by atoms with van der Waals surface area (Å²) in [4.78, 5) is 16.8. The molecule has 0 radical (unpaired) electrons. The van der Waals surface area contributed by atoms with Crippen molar-refractivity contribution in [3.05, 3.63) is 58.9 Å². The van der Waals surface area contributed by atoms with E-state index in [-0.39, 0.29) is 24.5 Å². The summed E-state index contributed by atoms with van der Waals surface area (Å²) in [6.07, 6.45) is 0.834. The fraction of sp³-hybridized carbons (Fsp3) is 0.350. The number of anilines is 2. The smallest absolute Gasteiger partial charge is 0.277 e. The van der Waals surface area contributed by atoms with Crippen molar-refractivity contribution in [2.45, 2.75) is 32.3 Å². The topological polar surface area (TPSA) is 90.8 Å². The number of aliphatic hydroxyl groups excluding tert-OH is 1. The Labute approximate surface area is 166 Å². The number of rotatable bonds is 9. The molecular formula is C20H23F3N2O4. The van der Waals surface area contributed by atoms with E-state index >= 15 is 0 Å². The van der Waals surface area contributed by atoms with Crippen molar-refractivity contribution in [3.63, 3.8) is 0 Å². The van der Waals surface area contributed by atoms with Crippen molar-refractivity contribution in [2.75, 3.05) is 18.5 Å². The van der Waals surface area contributed by atoms with Gasteiger partial charge >= 0.3 is 0 Å². The highest BCUT2D eigenvalue weighted by Crippen LogP contribution is 2.28. The van der Waals surface area contributed by atoms with Crippen molar-refractivity contribution in [3.8, 4) is 0 Å². The number of aryl methyl sites for hydroxylation is 1. The zero-order valence-corrected chi connectivity index (χ0v) is 16.1. The fourth-order valence-electron chi connectivity index (χ4n) is 2.48. The Kier molecular flexibility index (Phi) is 7.60. The molecule has 2 rings (SSSR count). The summed E-state index contributed by atoms with van der Waals surface area (Å²) in [7, 11) is 0. The van der Waals surface area contributed by atoms with Crippen molar-refractivity contribution in [1.82, 2.24) is 5.48 Å². The van der Waals surface area contributed by atoms with Gasteiger partial charge in [-0.15, -0.1) is 0 Å². The van der Waals surface area contributed by atoms with Gasteiger partial charge in [-0.25, -0.2) is 18.7 Å². The van der Waals surface area contributed by atoms with Crippen molar-refractivity contribution in [2.24, 2.45) is 0 Å². The third-order valence-electron chi connectivity index (χ3n) is 4.02. The van der Waals surface area contributed by atoms with E-state index in [4.69, 9.17) is 5.11 Å². The largest absolute Gasteiger partial charge is 0.394 e. The molecule has 2 aromatic carbocycles. The van der Waals surface area contributed by atoms with Crippen molar-refractivity contribution >= 4 is 17.3 Å². The van der Waals surface area contributed by atoms with E-state index in [0.29, 0.717) is 18.4 Å². The quantitative estimate of drug-likeness (QED) is 0.375. The Morgan fingerprint density at radius 2 is 1.86 bits per heavy atom. The molecule has 0 fully saturated rings. The molecule has 1 amide bonds. The average Bonchev–Trinajstić information content (AvgIpc) is 2.65. The first-order valence-corrected chi connectivity index (χ1v) is 8.91. The third-order valence-corrected chi connectivity index (χ3v) is 4.02. The summed E-state index contributed by atoms with van der Waals surface area (Å²) < 4.78 is 42.5. The van der Waals surface area contributed by atoms with Gasteiger partial charge in [0, 0.05) is 0 Å². The van der Waals surface area contributed by atoms with Crippen molar-refractivity contribution in [1.29, 1.82) is 0 Å². The molecule has 2 aromatic rings. The highest BCUT2D eigenvalue weighted by molar-refractivity contribution is 5.99. The number of halogens is 3. The van der Waals surface area contributed by atoms with Crippen LogP contribution in [0.1, 0.15) is 36.2 Å². The van der Waals surface area contributed by atoms with Gasteiger partial charge < -0.3 is 15.5 Å². The molecule has 4 N–H and O–H groups in total. The van der Waals surface area contributed by atoms with Crippen LogP contribution < -0.4 is 10.8 Å². The number of hydroxylamine groups is 1. The van der Waals surface area contributed by atoms with Gasteiger partial charge in [0.25, 0.3) is 5.91 Å². The van der Waals surface area contributed by atoms with Gasteiger partial charge in [0.1, 0.15) is 5.82 Å². The van der Waals surface area contributed by atoms with Gasteiger partial charge in [0.05, 0.1) is 35.8 Å². The monoisotopic (exact) mass is 412 g/mol. The van der Waals surface area contributed by atoms with Gasteiger partial charge in [-0.3, -0.25) is 9.63 Å². The molecule has 0 saturated carbocycles. The number of nitrogens with one attached hydrogen (secondary N) is 2. The van der Waals surface area contributed by atoms with Crippen LogP contribution in [0, 0.1) is 17.5 Å². The zero-order chi connectivity index (χ0) is 21.6. The minimum Gasteiger partial charge on any atom is -0.394 e. The standard InChI is InChI=1S/C20H23F3N2O4/c1-20(2,28)8-7-12-3-6-16(15(22)11-12)24-18-13(4-5-14(21)17(18)23)19(27)25-29-10-9-26/h3-6,11,24,26,28H,7-10H2,1-2H3,(H,25,27). The number of hydrogen-bond donors (Lipinski definition) is 4. The summed E-state index contributed by atoms with van der Waals surface area (Å²) in [6.45, 7) is 2.73. The molecule has 0 spiro atoms. The lowest BCUT2D eigenvalue weighted by molar-refractivity contribution is 0.0168. The number of aliphatic hydroxyl groups is 2. The van der Waals surface area contributed by atoms with E-state index in [0.717, 1.165) is 12.1 Å². The lowest BCUT2D eigenvalue weighted by Gasteiger charge is -2.17. The summed E-state index contributed by atoms with van der Waals surface area (Å²) in [5.74, 6) is -4.21. The Morgan fingerprint density at radius 1 is 1.14 bits per heavy atom. The Balaban J connectivity index is 2.26. The minimum atomic E-state index is -1.36. The second kappa shape index (κ2) is 9.73. The predicted molar refractivity (Wildman–Crippen MR) is 101 cm³/mol. The number of benzene rings is 2. The normalized spacial score (nSPS) is 11.4. The Hall–Kier alpha value is -2.62. The molecule has 0 aliphatic rings. The second-order valence-corrected chi connectivity index (χ2v) is 7.04. The van der Waals surface area contributed by atoms with Gasteiger partial charge in [-0.05, 0) is 56.5 Å². The number of carbonyl (C=O) groups excluding carboxylic acids is 1. The molecule has 0 bridgehead atoms. The number of amides is 1. The van der Waals surface area contributed by atoms with Crippen LogP contribution in [0.15, 0.2) is 30.3 Å². The fourth-order valence-corrected chi connectivity index (χ4v) is 2.48. The Morgan fingerprint density at radius 3 is 2.48 bits per heavy atom. The van der Waals surface area contributed by atoms with Gasteiger partial charge in [-0.2, -0.15) is 0 Å². The average molecular weight is 412 g/mol. The molecule has 0 aliphatic heterocycles. The molecule has 0 saturated heterocycles. The first kappa shape index (κ1) is 22.7. The SMILES string of the molecule is CC(C)(O)CCc1ccc(Nc2c(C(=O)NOCCO)ccc(F)c2F)c(F)c1. The van der Waals surface area contributed by atoms with Crippen LogP contribution >= 0.6 is 0 Å². The maximum Gasteiger partial charge on any atom is 0.277 e. The highest BCUT2D eigenvalue weighted by Gasteiger charge is 2.20. The highest BCUT2D eigenvalue weighted by atomic mass is 19.2. The third kappa shape index (κ3) is 6.45. The molecular weight excluding hydrogens is 389 g/mol. The van der Waals surface area contributed by atoms with Gasteiger partial charge in [0.15, 0.2) is 11.6 Å². The molecule has 0 heterocycles. The van der Waals surface area contributed by atoms with Crippen LogP contribution in [0.4, 0.5) is 24.5 Å². The van der Waals surface area contributed by atoms with Crippen LogP contribution in [0.5, 0.6) is 0 Å². The lowest BCUT2D eigenvalue weighted by atomic mass is 9.98. The molecule has 0 unspecified atom stereocenters. The summed E-state index contributed by atoms with van der Waals surface area (Å²) in [5.41, 5.74) is 0.663. The van der Waals surface area contributed by atoms with E-state index in [1.54, 1.807) is 19.9 Å². The predicted octanol–water partition coefficient (Wildman–Crippen LogP) is 3.20. The van der Waals surface area contributed by atoms with E-state index in [9.17, 15) is 23.1 Å². The van der Waals surface area contributed by atoms with Crippen molar-refractivity contribution < 1.29 is 33.0 Å². The summed E-state index contributed by atoms with van der Waals surface area (Å²) in [5, 5.41) is 20.8. The van der Waals surface area contributed by atoms with E-state index < -0.39 is 34.6 Å². The summed E-state index contributed by atoms with van der Waals surface area (Å²) in [6, 6.07) is 5.92. The van der Waals surface area contributed by atoms with Gasteiger partial charge in [0.2, 0.25) is 0 Å². The van der Waals surface area contributed by atoms with Crippen LogP contribution in [-0.2, 0) is 11.3 Å². The molecule has 29 heavy (non-hydrogen) atoms. The first-order valence-electron chi connectivity index (χ1n) is 8.91. The second-order valence-electron chi connectivity index (χ2n) is 7.04. The van der Waals surface area contributed by atoms with Crippen LogP contribution in [0.2, 0.25) is 0 Å². The molecule has 0 aliphatic carbocycles. The van der Waals surface area contributed by atoms with Crippen LogP contribution in [0.3, 0.4) is 0 Å². The minimum absolute atomic E-state index is 0.160. The maximum atomic E-state index is 14.5. The molecule has 6 nitrogen and oxygen atoms in total. The van der Waals surface area contributed by atoms with Crippen LogP contribution in [0.25, 0.3) is 0 Å². The zero-order valence-electron chi connectivity index (χ0n) is 16.1. The lowest BCUT2D eigenvalue weighted by Crippen LogP contribution is -2.26.